The summed E-state index contributed by atoms with van der Waals surface area (Å²) < 4.78 is 0. The predicted molar refractivity (Wildman–Crippen MR) is 114 cm³/mol. The van der Waals surface area contributed by atoms with Crippen LogP contribution in [-0.4, -0.2) is 0 Å². The standard InChI is InChI=1S/C26H25/c1-15-10-9-11-21-14-24(18(4)20(6)25(15)21)26-19(5)16(2)17(3)22-12-7-8-13-23(22)26/h7-13H,1-6H3. The van der Waals surface area contributed by atoms with Gasteiger partial charge in [0.25, 0.3) is 0 Å². The van der Waals surface area contributed by atoms with E-state index in [9.17, 15) is 0 Å². The van der Waals surface area contributed by atoms with Crippen LogP contribution in [0, 0.1) is 47.6 Å². The second kappa shape index (κ2) is 5.99. The van der Waals surface area contributed by atoms with Crippen LogP contribution >= 0.6 is 0 Å². The maximum absolute atomic E-state index is 3.77. The summed E-state index contributed by atoms with van der Waals surface area (Å²) in [5.41, 5.74) is 10.8. The van der Waals surface area contributed by atoms with Crippen molar-refractivity contribution in [2.24, 2.45) is 0 Å². The molecule has 26 heavy (non-hydrogen) atoms. The minimum atomic E-state index is 1.21. The van der Waals surface area contributed by atoms with Crippen molar-refractivity contribution in [3.8, 4) is 11.1 Å². The van der Waals surface area contributed by atoms with E-state index in [1.54, 1.807) is 0 Å². The smallest absolute Gasteiger partial charge is 0.00109 e. The average molecular weight is 337 g/mol. The number of hydrogen-bond acceptors (Lipinski definition) is 0. The van der Waals surface area contributed by atoms with E-state index in [1.807, 2.05) is 0 Å². The maximum Gasteiger partial charge on any atom is -0.00109 e. The van der Waals surface area contributed by atoms with Crippen molar-refractivity contribution in [2.75, 3.05) is 0 Å². The first-order valence-electron chi connectivity index (χ1n) is 9.32. The molecule has 4 aromatic carbocycles. The maximum atomic E-state index is 3.77. The van der Waals surface area contributed by atoms with Crippen molar-refractivity contribution >= 4 is 21.5 Å². The third kappa shape index (κ3) is 2.29. The van der Waals surface area contributed by atoms with E-state index in [0.717, 1.165) is 0 Å². The van der Waals surface area contributed by atoms with Crippen molar-refractivity contribution < 1.29 is 0 Å². The summed E-state index contributed by atoms with van der Waals surface area (Å²) in [6.07, 6.45) is 0. The average Bonchev–Trinajstić information content (AvgIpc) is 2.64. The van der Waals surface area contributed by atoms with Crippen LogP contribution < -0.4 is 0 Å². The molecule has 0 saturated carbocycles. The molecule has 0 spiro atoms. The summed E-state index contributed by atoms with van der Waals surface area (Å²) in [6, 6.07) is 19.1. The molecule has 0 N–H and O–H groups in total. The fraction of sp³-hybridized carbons (Fsp3) is 0.231. The summed E-state index contributed by atoms with van der Waals surface area (Å²) in [6.45, 7) is 13.4. The van der Waals surface area contributed by atoms with Crippen LogP contribution in [0.15, 0.2) is 42.5 Å². The van der Waals surface area contributed by atoms with Gasteiger partial charge in [0.05, 0.1) is 0 Å². The third-order valence-corrected chi connectivity index (χ3v) is 6.20. The Bertz CT molecular complexity index is 1180. The molecular formula is C26H25. The van der Waals surface area contributed by atoms with Crippen LogP contribution in [0.25, 0.3) is 32.7 Å². The van der Waals surface area contributed by atoms with E-state index in [4.69, 9.17) is 0 Å². The van der Waals surface area contributed by atoms with Gasteiger partial charge in [0.1, 0.15) is 0 Å². The van der Waals surface area contributed by atoms with Gasteiger partial charge in [-0.2, -0.15) is 0 Å². The molecule has 0 saturated heterocycles. The number of rotatable bonds is 1. The highest BCUT2D eigenvalue weighted by Crippen LogP contribution is 2.40. The summed E-state index contributed by atoms with van der Waals surface area (Å²) in [7, 11) is 0. The van der Waals surface area contributed by atoms with Crippen molar-refractivity contribution in [1.29, 1.82) is 0 Å². The lowest BCUT2D eigenvalue weighted by Gasteiger charge is -2.20. The highest BCUT2D eigenvalue weighted by molar-refractivity contribution is 6.04. The molecule has 4 aromatic rings. The molecule has 0 unspecified atom stereocenters. The van der Waals surface area contributed by atoms with Crippen LogP contribution in [-0.2, 0) is 0 Å². The minimum Gasteiger partial charge on any atom is -0.0616 e. The molecule has 129 valence electrons. The molecule has 0 bridgehead atoms. The molecule has 0 aliphatic rings. The molecule has 0 aliphatic heterocycles. The number of aryl methyl sites for hydroxylation is 3. The monoisotopic (exact) mass is 337 g/mol. The van der Waals surface area contributed by atoms with Crippen LogP contribution in [0.1, 0.15) is 33.4 Å². The van der Waals surface area contributed by atoms with E-state index >= 15 is 0 Å². The molecule has 0 nitrogen and oxygen atoms in total. The Kier molecular flexibility index (Phi) is 3.88. The molecule has 1 radical (unpaired) electrons. The predicted octanol–water partition coefficient (Wildman–Crippen LogP) is 7.31. The Labute approximate surface area is 156 Å². The third-order valence-electron chi connectivity index (χ3n) is 6.20. The van der Waals surface area contributed by atoms with Gasteiger partial charge in [0.15, 0.2) is 0 Å². The molecule has 0 aromatic heterocycles. The highest BCUT2D eigenvalue weighted by Gasteiger charge is 2.17. The summed E-state index contributed by atoms with van der Waals surface area (Å²) in [5.74, 6) is 0. The van der Waals surface area contributed by atoms with E-state index in [2.05, 4.69) is 90.1 Å². The Morgan fingerprint density at radius 3 is 2.00 bits per heavy atom. The molecule has 4 rings (SSSR count). The van der Waals surface area contributed by atoms with E-state index in [0.29, 0.717) is 0 Å². The first kappa shape index (κ1) is 16.8. The second-order valence-corrected chi connectivity index (χ2v) is 7.54. The molecule has 0 heterocycles. The SMILES string of the molecule is Cc1c(C)c(-c2[c]c3cccc(C)c3c(C)c2C)c2ccccc2c1C. The van der Waals surface area contributed by atoms with Gasteiger partial charge in [-0.15, -0.1) is 0 Å². The summed E-state index contributed by atoms with van der Waals surface area (Å²) in [4.78, 5) is 0. The molecule has 0 amide bonds. The van der Waals surface area contributed by atoms with Crippen LogP contribution in [0.3, 0.4) is 0 Å². The second-order valence-electron chi connectivity index (χ2n) is 7.54. The lowest BCUT2D eigenvalue weighted by Crippen LogP contribution is -1.98. The Hall–Kier alpha value is -2.60. The molecule has 0 atom stereocenters. The number of hydrogen-bond donors (Lipinski definition) is 0. The van der Waals surface area contributed by atoms with Gasteiger partial charge < -0.3 is 0 Å². The van der Waals surface area contributed by atoms with Gasteiger partial charge in [-0.1, -0.05) is 42.5 Å². The molecule has 0 aliphatic carbocycles. The zero-order chi connectivity index (χ0) is 18.6. The van der Waals surface area contributed by atoms with Crippen LogP contribution in [0.4, 0.5) is 0 Å². The van der Waals surface area contributed by atoms with Crippen molar-refractivity contribution in [2.45, 2.75) is 41.5 Å². The minimum absolute atomic E-state index is 1.21. The zero-order valence-electron chi connectivity index (χ0n) is 16.5. The van der Waals surface area contributed by atoms with Crippen molar-refractivity contribution in [3.63, 3.8) is 0 Å². The quantitative estimate of drug-likeness (QED) is 0.341. The molecule has 0 fully saturated rings. The topological polar surface area (TPSA) is 0 Å². The van der Waals surface area contributed by atoms with Gasteiger partial charge in [0.2, 0.25) is 0 Å². The normalized spacial score (nSPS) is 11.5. The molecular weight excluding hydrogens is 312 g/mol. The van der Waals surface area contributed by atoms with Crippen LogP contribution in [0.5, 0.6) is 0 Å². The zero-order valence-corrected chi connectivity index (χ0v) is 16.5. The summed E-state index contributed by atoms with van der Waals surface area (Å²) in [5, 5.41) is 5.24. The molecule has 0 heteroatoms. The largest absolute Gasteiger partial charge is 0.0616 e. The van der Waals surface area contributed by atoms with Gasteiger partial charge in [0, 0.05) is 0 Å². The summed E-state index contributed by atoms with van der Waals surface area (Å²) >= 11 is 0. The Balaban J connectivity index is 2.20. The first-order chi connectivity index (χ1) is 12.4. The fourth-order valence-electron chi connectivity index (χ4n) is 4.35. The number of benzene rings is 4. The van der Waals surface area contributed by atoms with E-state index < -0.39 is 0 Å². The lowest BCUT2D eigenvalue weighted by molar-refractivity contribution is 1.28. The van der Waals surface area contributed by atoms with E-state index in [-0.39, 0.29) is 0 Å². The van der Waals surface area contributed by atoms with Crippen LogP contribution in [0.2, 0.25) is 0 Å². The van der Waals surface area contributed by atoms with Gasteiger partial charge in [-0.05, 0) is 114 Å². The van der Waals surface area contributed by atoms with Gasteiger partial charge in [-0.25, -0.2) is 0 Å². The lowest BCUT2D eigenvalue weighted by atomic mass is 9.83. The van der Waals surface area contributed by atoms with Gasteiger partial charge in [-0.3, -0.25) is 0 Å². The van der Waals surface area contributed by atoms with Gasteiger partial charge >= 0.3 is 0 Å². The van der Waals surface area contributed by atoms with E-state index in [1.165, 1.54) is 66.1 Å². The Morgan fingerprint density at radius 2 is 1.27 bits per heavy atom. The fourth-order valence-corrected chi connectivity index (χ4v) is 4.35. The number of fused-ring (bicyclic) bond motifs is 2. The van der Waals surface area contributed by atoms with Crippen molar-refractivity contribution in [1.82, 2.24) is 0 Å². The first-order valence-corrected chi connectivity index (χ1v) is 9.32. The van der Waals surface area contributed by atoms with Crippen molar-refractivity contribution in [3.05, 3.63) is 81.9 Å². The highest BCUT2D eigenvalue weighted by atomic mass is 14.2. The Morgan fingerprint density at radius 1 is 0.577 bits per heavy atom.